The van der Waals surface area contributed by atoms with Gasteiger partial charge in [-0.25, -0.2) is 4.39 Å². The third kappa shape index (κ3) is 2.20. The van der Waals surface area contributed by atoms with Crippen LogP contribution < -0.4 is 10.5 Å². The van der Waals surface area contributed by atoms with Crippen molar-refractivity contribution in [3.05, 3.63) is 60.5 Å². The SMILES string of the molecule is Nc1ccc(Oc2ccnc3ccccc23)cc1F. The number of fused-ring (bicyclic) bond motifs is 1. The maximum atomic E-state index is 13.4. The zero-order valence-corrected chi connectivity index (χ0v) is 10.0. The molecule has 1 heterocycles. The fourth-order valence-electron chi connectivity index (χ4n) is 1.86. The van der Waals surface area contributed by atoms with Gasteiger partial charge in [0.1, 0.15) is 17.3 Å². The van der Waals surface area contributed by atoms with Crippen molar-refractivity contribution in [1.82, 2.24) is 4.98 Å². The molecule has 94 valence electrons. The van der Waals surface area contributed by atoms with Gasteiger partial charge < -0.3 is 10.5 Å². The molecule has 0 bridgehead atoms. The lowest BCUT2D eigenvalue weighted by molar-refractivity contribution is 0.482. The maximum Gasteiger partial charge on any atom is 0.149 e. The molecule has 0 radical (unpaired) electrons. The van der Waals surface area contributed by atoms with E-state index in [1.807, 2.05) is 24.3 Å². The first kappa shape index (κ1) is 11.5. The molecule has 3 aromatic rings. The molecule has 2 aromatic carbocycles. The number of pyridine rings is 1. The molecule has 0 unspecified atom stereocenters. The van der Waals surface area contributed by atoms with E-state index >= 15 is 0 Å². The number of aromatic nitrogens is 1. The summed E-state index contributed by atoms with van der Waals surface area (Å²) in [6.45, 7) is 0. The van der Waals surface area contributed by atoms with Gasteiger partial charge in [-0.15, -0.1) is 0 Å². The van der Waals surface area contributed by atoms with Crippen molar-refractivity contribution in [1.29, 1.82) is 0 Å². The summed E-state index contributed by atoms with van der Waals surface area (Å²) < 4.78 is 19.1. The van der Waals surface area contributed by atoms with Crippen molar-refractivity contribution in [2.45, 2.75) is 0 Å². The second kappa shape index (κ2) is 4.57. The van der Waals surface area contributed by atoms with Gasteiger partial charge in [-0.1, -0.05) is 12.1 Å². The van der Waals surface area contributed by atoms with Crippen LogP contribution in [0.3, 0.4) is 0 Å². The van der Waals surface area contributed by atoms with Crippen LogP contribution in [-0.4, -0.2) is 4.98 Å². The number of hydrogen-bond acceptors (Lipinski definition) is 3. The first-order chi connectivity index (χ1) is 9.24. The van der Waals surface area contributed by atoms with Crippen LogP contribution in [0.15, 0.2) is 54.7 Å². The Hall–Kier alpha value is -2.62. The molecule has 0 aliphatic carbocycles. The highest BCUT2D eigenvalue weighted by Crippen LogP contribution is 2.29. The van der Waals surface area contributed by atoms with E-state index in [0.29, 0.717) is 11.5 Å². The van der Waals surface area contributed by atoms with E-state index < -0.39 is 5.82 Å². The lowest BCUT2D eigenvalue weighted by Crippen LogP contribution is -1.92. The molecule has 0 fully saturated rings. The van der Waals surface area contributed by atoms with Crippen molar-refractivity contribution in [2.75, 3.05) is 5.73 Å². The zero-order valence-electron chi connectivity index (χ0n) is 10.0. The van der Waals surface area contributed by atoms with Crippen LogP contribution in [0.4, 0.5) is 10.1 Å². The predicted octanol–water partition coefficient (Wildman–Crippen LogP) is 3.75. The van der Waals surface area contributed by atoms with Crippen molar-refractivity contribution in [3.63, 3.8) is 0 Å². The molecule has 3 rings (SSSR count). The molecular formula is C15H11FN2O. The average Bonchev–Trinajstić information content (AvgIpc) is 2.43. The Morgan fingerprint density at radius 2 is 1.89 bits per heavy atom. The van der Waals surface area contributed by atoms with Crippen LogP contribution >= 0.6 is 0 Å². The molecule has 0 saturated heterocycles. The van der Waals surface area contributed by atoms with Crippen molar-refractivity contribution in [3.8, 4) is 11.5 Å². The Balaban J connectivity index is 2.03. The zero-order chi connectivity index (χ0) is 13.2. The number of hydrogen-bond donors (Lipinski definition) is 1. The van der Waals surface area contributed by atoms with Gasteiger partial charge >= 0.3 is 0 Å². The Labute approximate surface area is 109 Å². The van der Waals surface area contributed by atoms with Gasteiger partial charge in [0, 0.05) is 17.6 Å². The van der Waals surface area contributed by atoms with Crippen LogP contribution in [0.1, 0.15) is 0 Å². The molecule has 1 aromatic heterocycles. The number of anilines is 1. The van der Waals surface area contributed by atoms with Gasteiger partial charge in [0.15, 0.2) is 0 Å². The maximum absolute atomic E-state index is 13.4. The summed E-state index contributed by atoms with van der Waals surface area (Å²) in [5.74, 6) is 0.550. The van der Waals surface area contributed by atoms with Gasteiger partial charge in [0.25, 0.3) is 0 Å². The molecule has 4 heteroatoms. The van der Waals surface area contributed by atoms with Gasteiger partial charge in [-0.3, -0.25) is 4.98 Å². The third-order valence-corrected chi connectivity index (χ3v) is 2.81. The molecule has 0 saturated carbocycles. The number of nitrogen functional groups attached to an aromatic ring is 1. The molecule has 0 amide bonds. The van der Waals surface area contributed by atoms with Crippen molar-refractivity contribution < 1.29 is 9.13 Å². The van der Waals surface area contributed by atoms with E-state index in [9.17, 15) is 4.39 Å². The van der Waals surface area contributed by atoms with Gasteiger partial charge in [-0.05, 0) is 30.3 Å². The summed E-state index contributed by atoms with van der Waals surface area (Å²) in [4.78, 5) is 4.24. The van der Waals surface area contributed by atoms with E-state index in [1.165, 1.54) is 12.1 Å². The largest absolute Gasteiger partial charge is 0.456 e. The second-order valence-corrected chi connectivity index (χ2v) is 4.11. The van der Waals surface area contributed by atoms with Crippen LogP contribution in [0.25, 0.3) is 10.9 Å². The molecule has 0 atom stereocenters. The number of nitrogens with two attached hydrogens (primary N) is 1. The summed E-state index contributed by atoms with van der Waals surface area (Å²) in [7, 11) is 0. The summed E-state index contributed by atoms with van der Waals surface area (Å²) in [5.41, 5.74) is 6.37. The molecular weight excluding hydrogens is 243 g/mol. The van der Waals surface area contributed by atoms with Crippen LogP contribution in [0.5, 0.6) is 11.5 Å². The smallest absolute Gasteiger partial charge is 0.149 e. The summed E-state index contributed by atoms with van der Waals surface area (Å²) in [6.07, 6.45) is 1.66. The molecule has 0 aliphatic rings. The highest BCUT2D eigenvalue weighted by molar-refractivity contribution is 5.84. The monoisotopic (exact) mass is 254 g/mol. The first-order valence-electron chi connectivity index (χ1n) is 5.81. The first-order valence-corrected chi connectivity index (χ1v) is 5.81. The minimum Gasteiger partial charge on any atom is -0.456 e. The summed E-state index contributed by atoms with van der Waals surface area (Å²) in [6, 6.07) is 13.7. The Morgan fingerprint density at radius 1 is 1.05 bits per heavy atom. The Bertz CT molecular complexity index is 738. The van der Waals surface area contributed by atoms with Crippen LogP contribution in [0, 0.1) is 5.82 Å². The van der Waals surface area contributed by atoms with Gasteiger partial charge in [0.2, 0.25) is 0 Å². The van der Waals surface area contributed by atoms with E-state index in [0.717, 1.165) is 10.9 Å². The Morgan fingerprint density at radius 3 is 2.74 bits per heavy atom. The second-order valence-electron chi connectivity index (χ2n) is 4.11. The predicted molar refractivity (Wildman–Crippen MR) is 72.6 cm³/mol. The summed E-state index contributed by atoms with van der Waals surface area (Å²) >= 11 is 0. The topological polar surface area (TPSA) is 48.1 Å². The quantitative estimate of drug-likeness (QED) is 0.708. The van der Waals surface area contributed by atoms with Crippen molar-refractivity contribution >= 4 is 16.6 Å². The lowest BCUT2D eigenvalue weighted by Gasteiger charge is -2.09. The van der Waals surface area contributed by atoms with Gasteiger partial charge in [0.05, 0.1) is 11.2 Å². The molecule has 0 aliphatic heterocycles. The Kier molecular flexibility index (Phi) is 2.76. The number of halogens is 1. The highest BCUT2D eigenvalue weighted by Gasteiger charge is 2.05. The average molecular weight is 254 g/mol. The number of benzene rings is 2. The molecule has 0 spiro atoms. The van der Waals surface area contributed by atoms with Crippen LogP contribution in [-0.2, 0) is 0 Å². The highest BCUT2D eigenvalue weighted by atomic mass is 19.1. The van der Waals surface area contributed by atoms with E-state index in [1.54, 1.807) is 18.3 Å². The standard InChI is InChI=1S/C15H11FN2O/c16-12-9-10(5-6-13(12)17)19-15-7-8-18-14-4-2-1-3-11(14)15/h1-9H,17H2. The fraction of sp³-hybridized carbons (Fsp3) is 0. The minimum atomic E-state index is -0.490. The van der Waals surface area contributed by atoms with Gasteiger partial charge in [-0.2, -0.15) is 0 Å². The van der Waals surface area contributed by atoms with E-state index in [4.69, 9.17) is 10.5 Å². The molecule has 2 N–H and O–H groups in total. The van der Waals surface area contributed by atoms with E-state index in [2.05, 4.69) is 4.98 Å². The minimum absolute atomic E-state index is 0.104. The summed E-state index contributed by atoms with van der Waals surface area (Å²) in [5, 5.41) is 0.877. The number of para-hydroxylation sites is 1. The number of rotatable bonds is 2. The third-order valence-electron chi connectivity index (χ3n) is 2.81. The normalized spacial score (nSPS) is 10.6. The molecule has 3 nitrogen and oxygen atoms in total. The van der Waals surface area contributed by atoms with E-state index in [-0.39, 0.29) is 5.69 Å². The number of ether oxygens (including phenoxy) is 1. The lowest BCUT2D eigenvalue weighted by atomic mass is 10.2. The van der Waals surface area contributed by atoms with Crippen molar-refractivity contribution in [2.24, 2.45) is 0 Å². The number of nitrogens with zero attached hydrogens (tertiary/aromatic N) is 1. The molecule has 19 heavy (non-hydrogen) atoms. The van der Waals surface area contributed by atoms with Crippen LogP contribution in [0.2, 0.25) is 0 Å². The fourth-order valence-corrected chi connectivity index (χ4v) is 1.86.